The lowest BCUT2D eigenvalue weighted by Crippen LogP contribution is -1.91. The van der Waals surface area contributed by atoms with Crippen molar-refractivity contribution in [3.8, 4) is 11.1 Å². The van der Waals surface area contributed by atoms with Gasteiger partial charge in [0.05, 0.1) is 6.61 Å². The Hall–Kier alpha value is -1.19. The smallest absolute Gasteiger partial charge is 0.132 e. The largest absolute Gasteiger partial charge is 0.392 e. The molecule has 0 radical (unpaired) electrons. The van der Waals surface area contributed by atoms with E-state index in [4.69, 9.17) is 0 Å². The van der Waals surface area contributed by atoms with Gasteiger partial charge in [-0.1, -0.05) is 46.3 Å². The van der Waals surface area contributed by atoms with Crippen LogP contribution in [0.15, 0.2) is 46.9 Å². The molecule has 0 heterocycles. The highest BCUT2D eigenvalue weighted by Crippen LogP contribution is 2.28. The Morgan fingerprint density at radius 2 is 1.81 bits per heavy atom. The SMILES string of the molecule is OCc1ccccc1-c1ccc(Br)cc1F. The minimum atomic E-state index is -0.296. The number of aliphatic hydroxyl groups excluding tert-OH is 1. The zero-order chi connectivity index (χ0) is 11.5. The van der Waals surface area contributed by atoms with Crippen LogP contribution in [-0.4, -0.2) is 5.11 Å². The first-order chi connectivity index (χ1) is 7.72. The van der Waals surface area contributed by atoms with E-state index in [1.165, 1.54) is 6.07 Å². The molecule has 0 spiro atoms. The first-order valence-corrected chi connectivity index (χ1v) is 5.66. The maximum atomic E-state index is 13.7. The Morgan fingerprint density at radius 3 is 2.50 bits per heavy atom. The predicted molar refractivity (Wildman–Crippen MR) is 65.5 cm³/mol. The second-order valence-corrected chi connectivity index (χ2v) is 4.36. The molecule has 0 unspecified atom stereocenters. The molecule has 0 aromatic heterocycles. The Bertz CT molecular complexity index is 511. The zero-order valence-electron chi connectivity index (χ0n) is 8.45. The molecule has 0 aliphatic heterocycles. The fourth-order valence-corrected chi connectivity index (χ4v) is 1.96. The maximum absolute atomic E-state index is 13.7. The van der Waals surface area contributed by atoms with Gasteiger partial charge in [0.2, 0.25) is 0 Å². The third kappa shape index (κ3) is 2.15. The molecule has 2 rings (SSSR count). The van der Waals surface area contributed by atoms with Crippen molar-refractivity contribution in [2.24, 2.45) is 0 Å². The molecule has 2 aromatic carbocycles. The molecule has 0 fully saturated rings. The molecule has 2 aromatic rings. The second kappa shape index (κ2) is 4.76. The molecular weight excluding hydrogens is 271 g/mol. The summed E-state index contributed by atoms with van der Waals surface area (Å²) in [4.78, 5) is 0. The van der Waals surface area contributed by atoms with Crippen LogP contribution in [0.2, 0.25) is 0 Å². The van der Waals surface area contributed by atoms with Gasteiger partial charge in [-0.2, -0.15) is 0 Å². The minimum absolute atomic E-state index is 0.0916. The van der Waals surface area contributed by atoms with Crippen molar-refractivity contribution in [1.29, 1.82) is 0 Å². The fraction of sp³-hybridized carbons (Fsp3) is 0.0769. The van der Waals surface area contributed by atoms with Crippen LogP contribution in [0.5, 0.6) is 0 Å². The minimum Gasteiger partial charge on any atom is -0.392 e. The lowest BCUT2D eigenvalue weighted by atomic mass is 10.00. The molecule has 1 N–H and O–H groups in total. The van der Waals surface area contributed by atoms with E-state index in [0.29, 0.717) is 10.0 Å². The van der Waals surface area contributed by atoms with Crippen molar-refractivity contribution >= 4 is 15.9 Å². The van der Waals surface area contributed by atoms with E-state index in [1.807, 2.05) is 12.1 Å². The molecule has 0 aliphatic carbocycles. The summed E-state index contributed by atoms with van der Waals surface area (Å²) in [6, 6.07) is 12.2. The molecule has 3 heteroatoms. The summed E-state index contributed by atoms with van der Waals surface area (Å²) in [6.07, 6.45) is 0. The van der Waals surface area contributed by atoms with E-state index in [9.17, 15) is 9.50 Å². The number of rotatable bonds is 2. The molecule has 0 atom stereocenters. The van der Waals surface area contributed by atoms with Gasteiger partial charge in [0, 0.05) is 10.0 Å². The van der Waals surface area contributed by atoms with E-state index in [0.717, 1.165) is 11.1 Å². The molecule has 0 saturated carbocycles. The highest BCUT2D eigenvalue weighted by Gasteiger charge is 2.08. The van der Waals surface area contributed by atoms with Crippen molar-refractivity contribution < 1.29 is 9.50 Å². The van der Waals surface area contributed by atoms with Gasteiger partial charge >= 0.3 is 0 Å². The molecule has 1 nitrogen and oxygen atoms in total. The van der Waals surface area contributed by atoms with Gasteiger partial charge in [-0.05, 0) is 23.3 Å². The van der Waals surface area contributed by atoms with Crippen LogP contribution in [0.4, 0.5) is 4.39 Å². The zero-order valence-corrected chi connectivity index (χ0v) is 10.0. The van der Waals surface area contributed by atoms with Crippen LogP contribution in [0.25, 0.3) is 11.1 Å². The summed E-state index contributed by atoms with van der Waals surface area (Å²) in [6.45, 7) is -0.0916. The molecule has 0 amide bonds. The summed E-state index contributed by atoms with van der Waals surface area (Å²) in [7, 11) is 0. The van der Waals surface area contributed by atoms with Gasteiger partial charge in [0.25, 0.3) is 0 Å². The third-order valence-electron chi connectivity index (χ3n) is 2.41. The highest BCUT2D eigenvalue weighted by molar-refractivity contribution is 9.10. The van der Waals surface area contributed by atoms with Crippen LogP contribution < -0.4 is 0 Å². The monoisotopic (exact) mass is 280 g/mol. The maximum Gasteiger partial charge on any atom is 0.132 e. The van der Waals surface area contributed by atoms with Crippen molar-refractivity contribution in [3.05, 3.63) is 58.3 Å². The van der Waals surface area contributed by atoms with Gasteiger partial charge in [-0.3, -0.25) is 0 Å². The average Bonchev–Trinajstić information content (AvgIpc) is 2.29. The lowest BCUT2D eigenvalue weighted by molar-refractivity contribution is 0.282. The fourth-order valence-electron chi connectivity index (χ4n) is 1.63. The van der Waals surface area contributed by atoms with Crippen LogP contribution in [-0.2, 0) is 6.61 Å². The lowest BCUT2D eigenvalue weighted by Gasteiger charge is -2.08. The number of aliphatic hydroxyl groups is 1. The van der Waals surface area contributed by atoms with Crippen LogP contribution >= 0.6 is 15.9 Å². The topological polar surface area (TPSA) is 20.2 Å². The van der Waals surface area contributed by atoms with Crippen molar-refractivity contribution in [1.82, 2.24) is 0 Å². The number of benzene rings is 2. The number of hydrogen-bond acceptors (Lipinski definition) is 1. The Kier molecular flexibility index (Phi) is 3.36. The van der Waals surface area contributed by atoms with E-state index in [-0.39, 0.29) is 12.4 Å². The van der Waals surface area contributed by atoms with E-state index < -0.39 is 0 Å². The molecule has 0 saturated heterocycles. The number of halogens is 2. The van der Waals surface area contributed by atoms with E-state index in [1.54, 1.807) is 24.3 Å². The van der Waals surface area contributed by atoms with Gasteiger partial charge in [0.15, 0.2) is 0 Å². The molecular formula is C13H10BrFO. The summed E-state index contributed by atoms with van der Waals surface area (Å²) >= 11 is 3.22. The molecule has 0 bridgehead atoms. The summed E-state index contributed by atoms with van der Waals surface area (Å²) in [5.41, 5.74) is 1.96. The van der Waals surface area contributed by atoms with Crippen LogP contribution in [0.3, 0.4) is 0 Å². The first-order valence-electron chi connectivity index (χ1n) is 4.86. The first kappa shape index (κ1) is 11.3. The van der Waals surface area contributed by atoms with Crippen molar-refractivity contribution in [3.63, 3.8) is 0 Å². The van der Waals surface area contributed by atoms with E-state index in [2.05, 4.69) is 15.9 Å². The average molecular weight is 281 g/mol. The molecule has 0 aliphatic rings. The van der Waals surface area contributed by atoms with Gasteiger partial charge in [-0.15, -0.1) is 0 Å². The van der Waals surface area contributed by atoms with Crippen molar-refractivity contribution in [2.45, 2.75) is 6.61 Å². The Morgan fingerprint density at radius 1 is 1.06 bits per heavy atom. The van der Waals surface area contributed by atoms with Gasteiger partial charge in [-0.25, -0.2) is 4.39 Å². The summed E-state index contributed by atoms with van der Waals surface area (Å²) in [5, 5.41) is 9.19. The Balaban J connectivity index is 2.58. The molecule has 82 valence electrons. The van der Waals surface area contributed by atoms with Crippen LogP contribution in [0.1, 0.15) is 5.56 Å². The highest BCUT2D eigenvalue weighted by atomic mass is 79.9. The summed E-state index contributed by atoms with van der Waals surface area (Å²) < 4.78 is 14.4. The molecule has 16 heavy (non-hydrogen) atoms. The normalized spacial score (nSPS) is 10.4. The van der Waals surface area contributed by atoms with Gasteiger partial charge in [0.1, 0.15) is 5.82 Å². The third-order valence-corrected chi connectivity index (χ3v) is 2.90. The standard InChI is InChI=1S/C13H10BrFO/c14-10-5-6-12(13(15)7-10)11-4-2-1-3-9(11)8-16/h1-7,16H,8H2. The van der Waals surface area contributed by atoms with E-state index >= 15 is 0 Å². The quantitative estimate of drug-likeness (QED) is 0.888. The summed E-state index contributed by atoms with van der Waals surface area (Å²) in [5.74, 6) is -0.296. The Labute approximate surface area is 102 Å². The predicted octanol–water partition coefficient (Wildman–Crippen LogP) is 3.75. The van der Waals surface area contributed by atoms with Crippen LogP contribution in [0, 0.1) is 5.82 Å². The second-order valence-electron chi connectivity index (χ2n) is 3.44. The van der Waals surface area contributed by atoms with Gasteiger partial charge < -0.3 is 5.11 Å². The number of hydrogen-bond donors (Lipinski definition) is 1. The van der Waals surface area contributed by atoms with Crippen molar-refractivity contribution in [2.75, 3.05) is 0 Å².